The van der Waals surface area contributed by atoms with Crippen molar-refractivity contribution in [2.45, 2.75) is 32.0 Å². The number of hydrogen-bond donors (Lipinski definition) is 1. The van der Waals surface area contributed by atoms with Crippen molar-refractivity contribution in [1.82, 2.24) is 14.5 Å². The zero-order valence-electron chi connectivity index (χ0n) is 18.8. The maximum Gasteiger partial charge on any atom is 0.263 e. The summed E-state index contributed by atoms with van der Waals surface area (Å²) in [5.41, 5.74) is 0.768. The van der Waals surface area contributed by atoms with Crippen molar-refractivity contribution in [2.24, 2.45) is 0 Å². The van der Waals surface area contributed by atoms with E-state index >= 15 is 0 Å². The normalized spacial score (nSPS) is 17.9. The van der Waals surface area contributed by atoms with Crippen LogP contribution in [-0.4, -0.2) is 50.8 Å². The minimum absolute atomic E-state index is 0.151. The summed E-state index contributed by atoms with van der Waals surface area (Å²) in [6.07, 6.45) is 0.542. The van der Waals surface area contributed by atoms with Crippen molar-refractivity contribution < 1.29 is 14.6 Å². The number of fused-ring (bicyclic) bond motifs is 1. The number of rotatable bonds is 7. The highest BCUT2D eigenvalue weighted by Crippen LogP contribution is 2.34. The van der Waals surface area contributed by atoms with Crippen LogP contribution in [-0.2, 0) is 22.6 Å². The van der Waals surface area contributed by atoms with Gasteiger partial charge in [0.15, 0.2) is 0 Å². The van der Waals surface area contributed by atoms with Gasteiger partial charge < -0.3 is 14.7 Å². The summed E-state index contributed by atoms with van der Waals surface area (Å²) < 4.78 is 7.04. The Morgan fingerprint density at radius 2 is 2.06 bits per heavy atom. The Morgan fingerprint density at radius 3 is 2.74 bits per heavy atom. The molecule has 9 heteroatoms. The van der Waals surface area contributed by atoms with Gasteiger partial charge in [-0.15, -0.1) is 22.7 Å². The van der Waals surface area contributed by atoms with Crippen LogP contribution in [0.4, 0.5) is 0 Å². The minimum atomic E-state index is -0.813. The standard InChI is InChI=1S/C25H25N3O4S2/c1-17-26-23-22(19(14-34-23)20-8-5-11-33-20)24(31)27(17)13-21(30)28(12-18-6-3-2-4-7-18)25(15-29)9-10-32-16-25/h2-8,11,14,29H,9-10,12-13,15-16H2,1H3. The molecule has 34 heavy (non-hydrogen) atoms. The van der Waals surface area contributed by atoms with Crippen LogP contribution in [0.15, 0.2) is 58.0 Å². The largest absolute Gasteiger partial charge is 0.394 e. The molecule has 1 amide bonds. The first kappa shape index (κ1) is 22.9. The Balaban J connectivity index is 1.54. The first-order valence-corrected chi connectivity index (χ1v) is 12.8. The number of ether oxygens (including phenoxy) is 1. The summed E-state index contributed by atoms with van der Waals surface area (Å²) in [4.78, 5) is 35.3. The van der Waals surface area contributed by atoms with Crippen molar-refractivity contribution in [2.75, 3.05) is 19.8 Å². The number of aromatic nitrogens is 2. The van der Waals surface area contributed by atoms with Crippen molar-refractivity contribution in [3.8, 4) is 10.4 Å². The molecule has 7 nitrogen and oxygen atoms in total. The van der Waals surface area contributed by atoms with E-state index in [9.17, 15) is 14.7 Å². The van der Waals surface area contributed by atoms with Gasteiger partial charge in [-0.25, -0.2) is 4.98 Å². The van der Waals surface area contributed by atoms with Crippen LogP contribution in [0.1, 0.15) is 17.8 Å². The monoisotopic (exact) mass is 495 g/mol. The molecule has 0 radical (unpaired) electrons. The van der Waals surface area contributed by atoms with E-state index in [0.29, 0.717) is 35.6 Å². The lowest BCUT2D eigenvalue weighted by molar-refractivity contribution is -0.141. The van der Waals surface area contributed by atoms with E-state index in [0.717, 1.165) is 16.0 Å². The van der Waals surface area contributed by atoms with Gasteiger partial charge >= 0.3 is 0 Å². The van der Waals surface area contributed by atoms with Crippen molar-refractivity contribution in [3.63, 3.8) is 0 Å². The molecule has 1 saturated heterocycles. The van der Waals surface area contributed by atoms with Crippen molar-refractivity contribution >= 4 is 38.8 Å². The van der Waals surface area contributed by atoms with Crippen LogP contribution in [0, 0.1) is 6.92 Å². The van der Waals surface area contributed by atoms with Gasteiger partial charge in [-0.1, -0.05) is 36.4 Å². The number of aliphatic hydroxyl groups excluding tert-OH is 1. The minimum Gasteiger partial charge on any atom is -0.394 e. The van der Waals surface area contributed by atoms with Crippen molar-refractivity contribution in [3.05, 3.63) is 75.0 Å². The van der Waals surface area contributed by atoms with Gasteiger partial charge in [0.1, 0.15) is 17.2 Å². The second-order valence-corrected chi connectivity index (χ2v) is 10.3. The first-order chi connectivity index (χ1) is 16.5. The van der Waals surface area contributed by atoms with Crippen LogP contribution < -0.4 is 5.56 Å². The molecule has 5 rings (SSSR count). The SMILES string of the molecule is Cc1nc2scc(-c3cccs3)c2c(=O)n1CC(=O)N(Cc1ccccc1)C1(CO)CCOC1. The summed E-state index contributed by atoms with van der Waals surface area (Å²) in [5, 5.41) is 14.8. The topological polar surface area (TPSA) is 84.7 Å². The molecule has 1 fully saturated rings. The maximum absolute atomic E-state index is 13.7. The molecular weight excluding hydrogens is 470 g/mol. The third-order valence-corrected chi connectivity index (χ3v) is 8.17. The van der Waals surface area contributed by atoms with Crippen LogP contribution in [0.3, 0.4) is 0 Å². The summed E-state index contributed by atoms with van der Waals surface area (Å²) >= 11 is 3.00. The fourth-order valence-corrected chi connectivity index (χ4v) is 6.25. The Morgan fingerprint density at radius 1 is 1.24 bits per heavy atom. The second-order valence-electron chi connectivity index (χ2n) is 8.51. The predicted octanol–water partition coefficient (Wildman–Crippen LogP) is 3.68. The van der Waals surface area contributed by atoms with Crippen LogP contribution in [0.5, 0.6) is 0 Å². The smallest absolute Gasteiger partial charge is 0.263 e. The number of benzene rings is 1. The molecule has 3 aromatic heterocycles. The molecule has 1 N–H and O–H groups in total. The number of carbonyl (C=O) groups excluding carboxylic acids is 1. The van der Waals surface area contributed by atoms with Gasteiger partial charge in [0, 0.05) is 29.0 Å². The molecule has 0 bridgehead atoms. The van der Waals surface area contributed by atoms with Gasteiger partial charge in [0.2, 0.25) is 5.91 Å². The lowest BCUT2D eigenvalue weighted by atomic mass is 9.96. The molecule has 1 aliphatic rings. The molecule has 0 saturated carbocycles. The molecule has 1 unspecified atom stereocenters. The molecular formula is C25H25N3O4S2. The zero-order valence-corrected chi connectivity index (χ0v) is 20.4. The number of thiophene rings is 2. The van der Waals surface area contributed by atoms with Gasteiger partial charge in [-0.2, -0.15) is 0 Å². The highest BCUT2D eigenvalue weighted by atomic mass is 32.1. The molecule has 1 atom stereocenters. The third-order valence-electron chi connectivity index (χ3n) is 6.40. The second kappa shape index (κ2) is 9.42. The van der Waals surface area contributed by atoms with Crippen LogP contribution in [0.2, 0.25) is 0 Å². The molecule has 0 aliphatic carbocycles. The van der Waals surface area contributed by atoms with Gasteiger partial charge in [0.25, 0.3) is 5.56 Å². The quantitative estimate of drug-likeness (QED) is 0.423. The molecule has 1 aliphatic heterocycles. The lowest BCUT2D eigenvalue weighted by Gasteiger charge is -2.39. The molecule has 1 aromatic carbocycles. The van der Waals surface area contributed by atoms with E-state index in [1.54, 1.807) is 23.2 Å². The van der Waals surface area contributed by atoms with E-state index in [2.05, 4.69) is 4.98 Å². The summed E-state index contributed by atoms with van der Waals surface area (Å²) in [6, 6.07) is 13.6. The van der Waals surface area contributed by atoms with Crippen LogP contribution in [0.25, 0.3) is 20.7 Å². The highest BCUT2D eigenvalue weighted by molar-refractivity contribution is 7.18. The Kier molecular flexibility index (Phi) is 6.35. The van der Waals surface area contributed by atoms with E-state index in [4.69, 9.17) is 4.74 Å². The highest BCUT2D eigenvalue weighted by Gasteiger charge is 2.43. The predicted molar refractivity (Wildman–Crippen MR) is 134 cm³/mol. The third kappa shape index (κ3) is 4.09. The Hall–Kier alpha value is -2.85. The van der Waals surface area contributed by atoms with E-state index < -0.39 is 5.54 Å². The summed E-state index contributed by atoms with van der Waals surface area (Å²) in [5.74, 6) is 0.244. The number of amides is 1. The van der Waals surface area contributed by atoms with Gasteiger partial charge in [0.05, 0.1) is 24.1 Å². The average Bonchev–Trinajstić information content (AvgIpc) is 3.61. The number of nitrogens with zero attached hydrogens (tertiary/aromatic N) is 3. The Bertz CT molecular complexity index is 1360. The Labute approximate surface area is 204 Å². The van der Waals surface area contributed by atoms with E-state index in [-0.39, 0.29) is 31.2 Å². The molecule has 4 heterocycles. The maximum atomic E-state index is 13.7. The number of hydrogen-bond acceptors (Lipinski definition) is 7. The van der Waals surface area contributed by atoms with E-state index in [1.165, 1.54) is 15.9 Å². The number of aryl methyl sites for hydroxylation is 1. The molecule has 176 valence electrons. The van der Waals surface area contributed by atoms with Gasteiger partial charge in [-0.05, 0) is 30.4 Å². The lowest BCUT2D eigenvalue weighted by Crippen LogP contribution is -2.55. The van der Waals surface area contributed by atoms with Crippen molar-refractivity contribution in [1.29, 1.82) is 0 Å². The zero-order chi connectivity index (χ0) is 23.7. The summed E-state index contributed by atoms with van der Waals surface area (Å²) in [7, 11) is 0. The first-order valence-electron chi connectivity index (χ1n) is 11.1. The van der Waals surface area contributed by atoms with E-state index in [1.807, 2.05) is 53.2 Å². The van der Waals surface area contributed by atoms with Gasteiger partial charge in [-0.3, -0.25) is 14.2 Å². The molecule has 0 spiro atoms. The van der Waals surface area contributed by atoms with Crippen LogP contribution >= 0.6 is 22.7 Å². The molecule has 4 aromatic rings. The number of carbonyl (C=O) groups is 1. The summed E-state index contributed by atoms with van der Waals surface area (Å²) in [6.45, 7) is 2.46. The fourth-order valence-electron chi connectivity index (χ4n) is 4.45. The number of aliphatic hydroxyl groups is 1. The average molecular weight is 496 g/mol. The fraction of sp³-hybridized carbons (Fsp3) is 0.320.